The fourth-order valence-electron chi connectivity index (χ4n) is 2.07. The van der Waals surface area contributed by atoms with E-state index in [1.807, 2.05) is 0 Å². The smallest absolute Gasteiger partial charge is 0.252 e. The maximum atomic E-state index is 12.5. The zero-order valence-corrected chi connectivity index (χ0v) is 13.5. The minimum atomic E-state index is -0.384. The molecular weight excluding hydrogens is 364 g/mol. The number of nitrogens with zero attached hydrogens (tertiary/aromatic N) is 3. The van der Waals surface area contributed by atoms with Gasteiger partial charge in [0.25, 0.3) is 5.56 Å². The van der Waals surface area contributed by atoms with Gasteiger partial charge in [0.2, 0.25) is 5.95 Å². The van der Waals surface area contributed by atoms with Crippen LogP contribution in [0.25, 0.3) is 5.95 Å². The summed E-state index contributed by atoms with van der Waals surface area (Å²) in [4.78, 5) is 30.7. The van der Waals surface area contributed by atoms with E-state index in [1.54, 1.807) is 13.0 Å². The van der Waals surface area contributed by atoms with Crippen LogP contribution in [0.4, 0.5) is 0 Å². The molecule has 0 unspecified atom stereocenters. The highest BCUT2D eigenvalue weighted by Crippen LogP contribution is 2.24. The van der Waals surface area contributed by atoms with Gasteiger partial charge in [-0.1, -0.05) is 15.9 Å². The zero-order valence-electron chi connectivity index (χ0n) is 11.9. The summed E-state index contributed by atoms with van der Waals surface area (Å²) in [5, 5.41) is 13.9. The average molecular weight is 375 g/mol. The van der Waals surface area contributed by atoms with Crippen LogP contribution >= 0.6 is 15.9 Å². The van der Waals surface area contributed by atoms with Crippen molar-refractivity contribution in [2.24, 2.45) is 0 Å². The van der Waals surface area contributed by atoms with Gasteiger partial charge in [-0.15, -0.1) is 0 Å². The van der Waals surface area contributed by atoms with Crippen LogP contribution in [0.2, 0.25) is 0 Å². The number of phenolic OH excluding ortho intramolecular Hbond substituents is 1. The number of aromatic amines is 1. The van der Waals surface area contributed by atoms with Gasteiger partial charge in [-0.2, -0.15) is 5.10 Å². The van der Waals surface area contributed by atoms with Crippen molar-refractivity contribution in [3.8, 4) is 11.7 Å². The standard InChI is InChI=1S/C15H11BrN4O3/c1-8-4-13(22)19-15(18-8)20-7-9(6-17-20)14(23)11-5-10(16)2-3-12(11)21/h2-7,21H,1H3,(H,18,19,22). The molecule has 8 heteroatoms. The molecule has 0 aliphatic carbocycles. The van der Waals surface area contributed by atoms with Gasteiger partial charge in [0.1, 0.15) is 5.75 Å². The third kappa shape index (κ3) is 3.07. The van der Waals surface area contributed by atoms with Crippen LogP contribution in [0, 0.1) is 6.92 Å². The number of phenols is 1. The molecule has 0 amide bonds. The average Bonchev–Trinajstić information content (AvgIpc) is 2.98. The summed E-state index contributed by atoms with van der Waals surface area (Å²) >= 11 is 3.26. The van der Waals surface area contributed by atoms with Crippen molar-refractivity contribution in [3.05, 3.63) is 68.3 Å². The van der Waals surface area contributed by atoms with Gasteiger partial charge < -0.3 is 5.11 Å². The number of hydrogen-bond donors (Lipinski definition) is 2. The lowest BCUT2D eigenvalue weighted by Gasteiger charge is -2.03. The van der Waals surface area contributed by atoms with Crippen LogP contribution in [0.5, 0.6) is 5.75 Å². The molecule has 0 aliphatic rings. The Balaban J connectivity index is 2.00. The molecule has 0 saturated heterocycles. The number of ketones is 1. The second kappa shape index (κ2) is 5.81. The van der Waals surface area contributed by atoms with Crippen molar-refractivity contribution >= 4 is 21.7 Å². The topological polar surface area (TPSA) is 101 Å². The maximum absolute atomic E-state index is 12.5. The van der Waals surface area contributed by atoms with Crippen molar-refractivity contribution in [2.45, 2.75) is 6.92 Å². The highest BCUT2D eigenvalue weighted by molar-refractivity contribution is 9.10. The van der Waals surface area contributed by atoms with Gasteiger partial charge in [0.15, 0.2) is 5.78 Å². The summed E-state index contributed by atoms with van der Waals surface area (Å²) in [5.41, 5.74) is 0.657. The molecule has 0 atom stereocenters. The monoisotopic (exact) mass is 374 g/mol. The number of carbonyl (C=O) groups is 1. The number of hydrogen-bond acceptors (Lipinski definition) is 5. The van der Waals surface area contributed by atoms with E-state index < -0.39 is 0 Å². The van der Waals surface area contributed by atoms with E-state index in [0.29, 0.717) is 10.2 Å². The highest BCUT2D eigenvalue weighted by atomic mass is 79.9. The molecule has 0 aliphatic heterocycles. The van der Waals surface area contributed by atoms with Crippen LogP contribution in [0.3, 0.4) is 0 Å². The fourth-order valence-corrected chi connectivity index (χ4v) is 2.43. The number of aromatic hydroxyl groups is 1. The molecule has 0 fully saturated rings. The Morgan fingerprint density at radius 3 is 2.87 bits per heavy atom. The van der Waals surface area contributed by atoms with E-state index in [2.05, 4.69) is 31.0 Å². The number of aromatic nitrogens is 4. The number of aryl methyl sites for hydroxylation is 1. The quantitative estimate of drug-likeness (QED) is 0.682. The first-order valence-corrected chi connectivity index (χ1v) is 7.39. The summed E-state index contributed by atoms with van der Waals surface area (Å²) < 4.78 is 1.98. The summed E-state index contributed by atoms with van der Waals surface area (Å²) in [6, 6.07) is 5.96. The Morgan fingerprint density at radius 2 is 2.13 bits per heavy atom. The summed E-state index contributed by atoms with van der Waals surface area (Å²) in [5.74, 6) is -0.286. The zero-order chi connectivity index (χ0) is 16.6. The van der Waals surface area contributed by atoms with Gasteiger partial charge in [0, 0.05) is 22.4 Å². The van der Waals surface area contributed by atoms with Gasteiger partial charge in [-0.25, -0.2) is 9.67 Å². The van der Waals surface area contributed by atoms with Gasteiger partial charge >= 0.3 is 0 Å². The first-order valence-electron chi connectivity index (χ1n) is 6.60. The molecule has 116 valence electrons. The van der Waals surface area contributed by atoms with Crippen LogP contribution in [-0.4, -0.2) is 30.6 Å². The molecule has 0 saturated carbocycles. The second-order valence-electron chi connectivity index (χ2n) is 4.87. The van der Waals surface area contributed by atoms with Crippen molar-refractivity contribution in [2.75, 3.05) is 0 Å². The van der Waals surface area contributed by atoms with Gasteiger partial charge in [-0.05, 0) is 25.1 Å². The first-order chi connectivity index (χ1) is 10.9. The Labute approximate surface area is 138 Å². The van der Waals surface area contributed by atoms with Gasteiger partial charge in [-0.3, -0.25) is 14.6 Å². The van der Waals surface area contributed by atoms with E-state index in [1.165, 1.54) is 35.3 Å². The van der Waals surface area contributed by atoms with Crippen LogP contribution in [0.15, 0.2) is 45.9 Å². The Bertz CT molecular complexity index is 961. The Hall–Kier alpha value is -2.74. The molecule has 23 heavy (non-hydrogen) atoms. The van der Waals surface area contributed by atoms with Crippen molar-refractivity contribution in [1.29, 1.82) is 0 Å². The molecule has 2 heterocycles. The van der Waals surface area contributed by atoms with Crippen LogP contribution < -0.4 is 5.56 Å². The molecule has 3 aromatic rings. The summed E-state index contributed by atoms with van der Waals surface area (Å²) in [7, 11) is 0. The molecule has 7 nitrogen and oxygen atoms in total. The van der Waals surface area contributed by atoms with Crippen molar-refractivity contribution in [1.82, 2.24) is 19.7 Å². The number of carbonyl (C=O) groups excluding carboxylic acids is 1. The molecule has 1 aromatic carbocycles. The molecule has 3 rings (SSSR count). The number of H-pyrrole nitrogens is 1. The number of halogens is 1. The first kappa shape index (κ1) is 15.2. The Morgan fingerprint density at radius 1 is 1.35 bits per heavy atom. The lowest BCUT2D eigenvalue weighted by Crippen LogP contribution is -2.13. The molecular formula is C15H11BrN4O3. The number of nitrogens with one attached hydrogen (secondary N) is 1. The molecule has 0 radical (unpaired) electrons. The second-order valence-corrected chi connectivity index (χ2v) is 5.79. The van der Waals surface area contributed by atoms with Crippen LogP contribution in [0.1, 0.15) is 21.6 Å². The normalized spacial score (nSPS) is 10.7. The largest absolute Gasteiger partial charge is 0.507 e. The van der Waals surface area contributed by atoms with E-state index in [9.17, 15) is 14.7 Å². The lowest BCUT2D eigenvalue weighted by atomic mass is 10.1. The van der Waals surface area contributed by atoms with Crippen molar-refractivity contribution in [3.63, 3.8) is 0 Å². The highest BCUT2D eigenvalue weighted by Gasteiger charge is 2.16. The van der Waals surface area contributed by atoms with E-state index in [0.717, 1.165) is 0 Å². The molecule has 2 N–H and O–H groups in total. The van der Waals surface area contributed by atoms with Crippen molar-refractivity contribution < 1.29 is 9.90 Å². The fraction of sp³-hybridized carbons (Fsp3) is 0.0667. The predicted molar refractivity (Wildman–Crippen MR) is 86.0 cm³/mol. The number of benzene rings is 1. The summed E-state index contributed by atoms with van der Waals surface area (Å²) in [6.45, 7) is 1.69. The minimum absolute atomic E-state index is 0.118. The maximum Gasteiger partial charge on any atom is 0.252 e. The number of rotatable bonds is 3. The van der Waals surface area contributed by atoms with Crippen LogP contribution in [-0.2, 0) is 0 Å². The van der Waals surface area contributed by atoms with Gasteiger partial charge in [0.05, 0.1) is 17.3 Å². The third-order valence-electron chi connectivity index (χ3n) is 3.12. The lowest BCUT2D eigenvalue weighted by molar-refractivity contribution is 0.103. The molecule has 2 aromatic heterocycles. The van der Waals surface area contributed by atoms with E-state index in [4.69, 9.17) is 0 Å². The SMILES string of the molecule is Cc1cc(=O)[nH]c(-n2cc(C(=O)c3cc(Br)ccc3O)cn2)n1. The van der Waals surface area contributed by atoms with E-state index in [-0.39, 0.29) is 34.2 Å². The third-order valence-corrected chi connectivity index (χ3v) is 3.62. The minimum Gasteiger partial charge on any atom is -0.507 e. The molecule has 0 bridgehead atoms. The molecule has 0 spiro atoms. The predicted octanol–water partition coefficient (Wildman–Crippen LogP) is 1.96. The Kier molecular flexibility index (Phi) is 3.83. The summed E-state index contributed by atoms with van der Waals surface area (Å²) in [6.07, 6.45) is 2.80. The van der Waals surface area contributed by atoms with E-state index >= 15 is 0 Å².